The number of amides is 2. The van der Waals surface area contributed by atoms with Crippen molar-refractivity contribution in [3.05, 3.63) is 22.2 Å². The SMILES string of the molecule is CC(NC(=O)CCNC(=O)C1CC1C)c1cc2c(cc1Br)OCCO2. The van der Waals surface area contributed by atoms with Gasteiger partial charge in [-0.15, -0.1) is 0 Å². The second-order valence-corrected chi connectivity index (χ2v) is 7.52. The predicted molar refractivity (Wildman–Crippen MR) is 96.6 cm³/mol. The van der Waals surface area contributed by atoms with E-state index in [4.69, 9.17) is 9.47 Å². The van der Waals surface area contributed by atoms with E-state index < -0.39 is 0 Å². The molecule has 136 valence electrons. The third-order valence-corrected chi connectivity index (χ3v) is 5.29. The Bertz CT molecular complexity index is 679. The number of rotatable bonds is 6. The molecule has 2 amide bonds. The number of halogens is 1. The lowest BCUT2D eigenvalue weighted by Crippen LogP contribution is -2.33. The minimum absolute atomic E-state index is 0.0583. The molecule has 1 aromatic rings. The van der Waals surface area contributed by atoms with Crippen LogP contribution in [0.5, 0.6) is 11.5 Å². The molecular formula is C18H23BrN2O4. The highest BCUT2D eigenvalue weighted by Crippen LogP contribution is 2.38. The first-order chi connectivity index (χ1) is 12.0. The second-order valence-electron chi connectivity index (χ2n) is 6.67. The van der Waals surface area contributed by atoms with Gasteiger partial charge < -0.3 is 20.1 Å². The van der Waals surface area contributed by atoms with Crippen molar-refractivity contribution in [2.75, 3.05) is 19.8 Å². The predicted octanol–water partition coefficient (Wildman–Crippen LogP) is 2.56. The number of carbonyl (C=O) groups is 2. The van der Waals surface area contributed by atoms with Crippen LogP contribution in [0.2, 0.25) is 0 Å². The molecule has 1 heterocycles. The lowest BCUT2D eigenvalue weighted by Gasteiger charge is -2.22. The van der Waals surface area contributed by atoms with Crippen molar-refractivity contribution in [2.45, 2.75) is 32.7 Å². The molecule has 6 nitrogen and oxygen atoms in total. The summed E-state index contributed by atoms with van der Waals surface area (Å²) in [4.78, 5) is 23.9. The molecule has 25 heavy (non-hydrogen) atoms. The third-order valence-electron chi connectivity index (χ3n) is 4.60. The molecule has 1 aliphatic heterocycles. The minimum atomic E-state index is -0.183. The van der Waals surface area contributed by atoms with Crippen LogP contribution in [0.4, 0.5) is 0 Å². The summed E-state index contributed by atoms with van der Waals surface area (Å²) in [5, 5.41) is 5.78. The van der Waals surface area contributed by atoms with E-state index in [9.17, 15) is 9.59 Å². The first-order valence-electron chi connectivity index (χ1n) is 8.62. The van der Waals surface area contributed by atoms with Gasteiger partial charge in [0.2, 0.25) is 11.8 Å². The molecule has 0 saturated heterocycles. The summed E-state index contributed by atoms with van der Waals surface area (Å²) < 4.78 is 12.0. The molecule has 2 N–H and O–H groups in total. The first-order valence-corrected chi connectivity index (χ1v) is 9.41. The van der Waals surface area contributed by atoms with Crippen molar-refractivity contribution in [2.24, 2.45) is 11.8 Å². The van der Waals surface area contributed by atoms with Gasteiger partial charge in [0.05, 0.1) is 6.04 Å². The van der Waals surface area contributed by atoms with Gasteiger partial charge in [-0.05, 0) is 37.0 Å². The summed E-state index contributed by atoms with van der Waals surface area (Å²) in [6, 6.07) is 3.57. The maximum atomic E-state index is 12.1. The van der Waals surface area contributed by atoms with Gasteiger partial charge in [0, 0.05) is 23.4 Å². The highest BCUT2D eigenvalue weighted by molar-refractivity contribution is 9.10. The fourth-order valence-corrected chi connectivity index (χ4v) is 3.59. The van der Waals surface area contributed by atoms with Crippen LogP contribution in [0, 0.1) is 11.8 Å². The van der Waals surface area contributed by atoms with E-state index >= 15 is 0 Å². The zero-order valence-electron chi connectivity index (χ0n) is 14.4. The van der Waals surface area contributed by atoms with Crippen LogP contribution in [-0.4, -0.2) is 31.6 Å². The van der Waals surface area contributed by atoms with E-state index in [1.54, 1.807) is 0 Å². The van der Waals surface area contributed by atoms with Gasteiger partial charge in [0.1, 0.15) is 13.2 Å². The molecule has 3 atom stereocenters. The van der Waals surface area contributed by atoms with Crippen LogP contribution in [-0.2, 0) is 9.59 Å². The Labute approximate surface area is 155 Å². The van der Waals surface area contributed by atoms with Crippen molar-refractivity contribution >= 4 is 27.7 Å². The molecule has 1 aromatic carbocycles. The van der Waals surface area contributed by atoms with E-state index in [-0.39, 0.29) is 30.2 Å². The van der Waals surface area contributed by atoms with Gasteiger partial charge in [-0.25, -0.2) is 0 Å². The lowest BCUT2D eigenvalue weighted by molar-refractivity contribution is -0.123. The number of fused-ring (bicyclic) bond motifs is 1. The van der Waals surface area contributed by atoms with Crippen molar-refractivity contribution < 1.29 is 19.1 Å². The van der Waals surface area contributed by atoms with Crippen LogP contribution in [0.25, 0.3) is 0 Å². The van der Waals surface area contributed by atoms with Crippen molar-refractivity contribution in [1.29, 1.82) is 0 Å². The molecule has 0 spiro atoms. The number of carbonyl (C=O) groups excluding carboxylic acids is 2. The molecule has 0 radical (unpaired) electrons. The quantitative estimate of drug-likeness (QED) is 0.755. The number of hydrogen-bond donors (Lipinski definition) is 2. The summed E-state index contributed by atoms with van der Waals surface area (Å²) in [6.07, 6.45) is 1.21. The van der Waals surface area contributed by atoms with E-state index in [1.807, 2.05) is 19.1 Å². The zero-order chi connectivity index (χ0) is 18.0. The Morgan fingerprint density at radius 3 is 2.56 bits per heavy atom. The van der Waals surface area contributed by atoms with Crippen molar-refractivity contribution in [3.63, 3.8) is 0 Å². The number of nitrogens with one attached hydrogen (secondary N) is 2. The van der Waals surface area contributed by atoms with Gasteiger partial charge in [-0.3, -0.25) is 9.59 Å². The molecule has 0 aromatic heterocycles. The fourth-order valence-electron chi connectivity index (χ4n) is 2.92. The number of benzene rings is 1. The standard InChI is InChI=1S/C18H23BrN2O4/c1-10-7-12(10)18(23)20-4-3-17(22)21-11(2)13-8-15-16(9-14(13)19)25-6-5-24-15/h8-12H,3-7H2,1-2H3,(H,20,23)(H,21,22). The van der Waals surface area contributed by atoms with Crippen LogP contribution in [0.1, 0.15) is 38.3 Å². The fraction of sp³-hybridized carbons (Fsp3) is 0.556. The van der Waals surface area contributed by atoms with Gasteiger partial charge >= 0.3 is 0 Å². The third kappa shape index (κ3) is 4.45. The lowest BCUT2D eigenvalue weighted by atomic mass is 10.1. The second kappa shape index (κ2) is 7.64. The maximum Gasteiger partial charge on any atom is 0.223 e. The highest BCUT2D eigenvalue weighted by Gasteiger charge is 2.38. The van der Waals surface area contributed by atoms with Crippen molar-refractivity contribution in [3.8, 4) is 11.5 Å². The van der Waals surface area contributed by atoms with Crippen LogP contribution in [0.15, 0.2) is 16.6 Å². The average molecular weight is 411 g/mol. The summed E-state index contributed by atoms with van der Waals surface area (Å²) in [6.45, 7) is 5.40. The Morgan fingerprint density at radius 1 is 1.28 bits per heavy atom. The molecule has 3 rings (SSSR count). The molecule has 2 aliphatic rings. The summed E-state index contributed by atoms with van der Waals surface area (Å²) in [5.41, 5.74) is 0.924. The zero-order valence-corrected chi connectivity index (χ0v) is 16.0. The van der Waals surface area contributed by atoms with Crippen LogP contribution >= 0.6 is 15.9 Å². The monoisotopic (exact) mass is 410 g/mol. The van der Waals surface area contributed by atoms with Gasteiger partial charge in [-0.2, -0.15) is 0 Å². The minimum Gasteiger partial charge on any atom is -0.486 e. The molecule has 7 heteroatoms. The largest absolute Gasteiger partial charge is 0.486 e. The molecule has 0 bridgehead atoms. The number of ether oxygens (including phenoxy) is 2. The normalized spacial score (nSPS) is 22.0. The summed E-state index contributed by atoms with van der Waals surface area (Å²) in [7, 11) is 0. The van der Waals surface area contributed by atoms with Crippen molar-refractivity contribution in [1.82, 2.24) is 10.6 Å². The van der Waals surface area contributed by atoms with Crippen LogP contribution in [0.3, 0.4) is 0 Å². The Morgan fingerprint density at radius 2 is 1.92 bits per heavy atom. The average Bonchev–Trinajstić information content (AvgIpc) is 3.31. The van der Waals surface area contributed by atoms with Gasteiger partial charge in [0.25, 0.3) is 0 Å². The Kier molecular flexibility index (Phi) is 5.51. The molecular weight excluding hydrogens is 388 g/mol. The number of hydrogen-bond acceptors (Lipinski definition) is 4. The first kappa shape index (κ1) is 18.0. The van der Waals surface area contributed by atoms with E-state index in [0.717, 1.165) is 16.5 Å². The molecule has 3 unspecified atom stereocenters. The highest BCUT2D eigenvalue weighted by atomic mass is 79.9. The van der Waals surface area contributed by atoms with Gasteiger partial charge in [-0.1, -0.05) is 22.9 Å². The Balaban J connectivity index is 1.50. The van der Waals surface area contributed by atoms with Gasteiger partial charge in [0.15, 0.2) is 11.5 Å². The molecule has 1 aliphatic carbocycles. The summed E-state index contributed by atoms with van der Waals surface area (Å²) in [5.74, 6) is 1.97. The van der Waals surface area contributed by atoms with Crippen LogP contribution < -0.4 is 20.1 Å². The smallest absolute Gasteiger partial charge is 0.223 e. The topological polar surface area (TPSA) is 76.7 Å². The molecule has 1 saturated carbocycles. The molecule has 1 fully saturated rings. The summed E-state index contributed by atoms with van der Waals surface area (Å²) >= 11 is 3.52. The Hall–Kier alpha value is -1.76. The van der Waals surface area contributed by atoms with E-state index in [2.05, 4.69) is 33.5 Å². The maximum absolute atomic E-state index is 12.1. The van der Waals surface area contributed by atoms with E-state index in [0.29, 0.717) is 37.2 Å². The van der Waals surface area contributed by atoms with E-state index in [1.165, 1.54) is 0 Å².